The highest BCUT2D eigenvalue weighted by Crippen LogP contribution is 2.49. The maximum atomic E-state index is 6.78. The Morgan fingerprint density at radius 1 is 0.971 bits per heavy atom. The predicted molar refractivity (Wildman–Crippen MR) is 144 cm³/mol. The first-order valence-electron chi connectivity index (χ1n) is 13.1. The fraction of sp³-hybridized carbons (Fsp3) is 0.375. The number of benzene rings is 3. The van der Waals surface area contributed by atoms with Gasteiger partial charge in [0.05, 0.1) is 6.61 Å². The number of ether oxygens (including phenoxy) is 1. The third-order valence-corrected chi connectivity index (χ3v) is 8.58. The van der Waals surface area contributed by atoms with Crippen LogP contribution >= 0.6 is 11.6 Å². The molecule has 34 heavy (non-hydrogen) atoms. The smallest absolute Gasteiger partial charge is 0.123 e. The zero-order valence-corrected chi connectivity index (χ0v) is 20.8. The van der Waals surface area contributed by atoms with Crippen molar-refractivity contribution >= 4 is 27.9 Å². The van der Waals surface area contributed by atoms with E-state index >= 15 is 0 Å². The number of rotatable bonds is 5. The van der Waals surface area contributed by atoms with Gasteiger partial charge in [0.25, 0.3) is 0 Å². The summed E-state index contributed by atoms with van der Waals surface area (Å²) in [6, 6.07) is 18.0. The molecule has 3 aliphatic carbocycles. The van der Waals surface area contributed by atoms with Crippen LogP contribution in [-0.2, 0) is 6.42 Å². The highest BCUT2D eigenvalue weighted by atomic mass is 35.5. The molecular formula is C32H33ClO. The van der Waals surface area contributed by atoms with Gasteiger partial charge in [0, 0.05) is 10.6 Å². The molecule has 0 saturated heterocycles. The van der Waals surface area contributed by atoms with Crippen molar-refractivity contribution < 1.29 is 4.74 Å². The molecule has 1 saturated carbocycles. The maximum Gasteiger partial charge on any atom is 0.123 e. The van der Waals surface area contributed by atoms with Crippen molar-refractivity contribution in [1.82, 2.24) is 0 Å². The molecule has 0 radical (unpaired) electrons. The summed E-state index contributed by atoms with van der Waals surface area (Å²) in [5.41, 5.74) is 8.74. The molecule has 3 aromatic carbocycles. The average Bonchev–Trinajstić information content (AvgIpc) is 3.40. The number of halogens is 1. The Kier molecular flexibility index (Phi) is 5.99. The first kappa shape index (κ1) is 22.0. The van der Waals surface area contributed by atoms with Crippen LogP contribution in [0.25, 0.3) is 16.3 Å². The lowest BCUT2D eigenvalue weighted by atomic mass is 9.71. The summed E-state index contributed by atoms with van der Waals surface area (Å²) in [5, 5.41) is 3.73. The van der Waals surface area contributed by atoms with Crippen LogP contribution in [0, 0.1) is 0 Å². The zero-order chi connectivity index (χ0) is 23.1. The van der Waals surface area contributed by atoms with E-state index in [0.29, 0.717) is 18.4 Å². The van der Waals surface area contributed by atoms with Gasteiger partial charge in [0.1, 0.15) is 5.75 Å². The van der Waals surface area contributed by atoms with Crippen molar-refractivity contribution in [2.45, 2.75) is 70.1 Å². The first-order chi connectivity index (χ1) is 16.7. The van der Waals surface area contributed by atoms with E-state index in [-0.39, 0.29) is 0 Å². The summed E-state index contributed by atoms with van der Waals surface area (Å²) in [6.45, 7) is 2.70. The molecule has 0 N–H and O–H groups in total. The molecule has 0 heterocycles. The van der Waals surface area contributed by atoms with Crippen molar-refractivity contribution in [3.8, 4) is 5.75 Å². The number of hydrogen-bond donors (Lipinski definition) is 0. The van der Waals surface area contributed by atoms with Crippen LogP contribution in [0.4, 0.5) is 0 Å². The van der Waals surface area contributed by atoms with Gasteiger partial charge in [-0.15, -0.1) is 0 Å². The van der Waals surface area contributed by atoms with E-state index in [1.165, 1.54) is 59.6 Å². The molecule has 0 amide bonds. The van der Waals surface area contributed by atoms with Crippen LogP contribution in [0.3, 0.4) is 0 Å². The molecule has 0 aliphatic heterocycles. The molecule has 174 valence electrons. The van der Waals surface area contributed by atoms with Gasteiger partial charge in [-0.3, -0.25) is 0 Å². The molecule has 3 aromatic rings. The number of allylic oxidation sites excluding steroid dienone is 4. The lowest BCUT2D eigenvalue weighted by Crippen LogP contribution is -2.16. The average molecular weight is 469 g/mol. The van der Waals surface area contributed by atoms with Gasteiger partial charge in [-0.25, -0.2) is 0 Å². The lowest BCUT2D eigenvalue weighted by molar-refractivity contribution is 0.335. The highest BCUT2D eigenvalue weighted by Gasteiger charge is 2.30. The van der Waals surface area contributed by atoms with Crippen molar-refractivity contribution in [2.75, 3.05) is 6.61 Å². The zero-order valence-electron chi connectivity index (χ0n) is 20.1. The Balaban J connectivity index is 1.53. The minimum absolute atomic E-state index is 0.405. The number of hydrogen-bond acceptors (Lipinski definition) is 1. The summed E-state index contributed by atoms with van der Waals surface area (Å²) in [6.07, 6.45) is 14.4. The normalized spacial score (nSPS) is 20.0. The lowest BCUT2D eigenvalue weighted by Gasteiger charge is -2.33. The van der Waals surface area contributed by atoms with E-state index in [9.17, 15) is 0 Å². The Morgan fingerprint density at radius 3 is 2.68 bits per heavy atom. The summed E-state index contributed by atoms with van der Waals surface area (Å²) in [5.74, 6) is 2.05. The third kappa shape index (κ3) is 3.79. The van der Waals surface area contributed by atoms with Crippen LogP contribution in [0.5, 0.6) is 5.75 Å². The molecule has 1 atom stereocenters. The van der Waals surface area contributed by atoms with Crippen LogP contribution in [0.15, 0.2) is 66.3 Å². The Labute approximate surface area is 208 Å². The second kappa shape index (κ2) is 9.27. The maximum absolute atomic E-state index is 6.78. The molecule has 3 aliphatic rings. The van der Waals surface area contributed by atoms with Crippen LogP contribution < -0.4 is 4.74 Å². The Morgan fingerprint density at radius 2 is 1.82 bits per heavy atom. The molecule has 2 heteroatoms. The third-order valence-electron chi connectivity index (χ3n) is 8.23. The van der Waals surface area contributed by atoms with Gasteiger partial charge >= 0.3 is 0 Å². The van der Waals surface area contributed by atoms with Crippen LogP contribution in [0.1, 0.15) is 86.0 Å². The van der Waals surface area contributed by atoms with E-state index in [2.05, 4.69) is 48.6 Å². The van der Waals surface area contributed by atoms with E-state index < -0.39 is 0 Å². The molecule has 1 fully saturated rings. The molecule has 1 unspecified atom stereocenters. The fourth-order valence-electron chi connectivity index (χ4n) is 6.72. The van der Waals surface area contributed by atoms with E-state index in [0.717, 1.165) is 35.6 Å². The standard InChI is InChI=1S/C32H33ClO/c1-2-34-31-16-8-15-30(33)29(31)20-23-19-22-11-5-6-12-25(22)28-18-17-26-24(21-9-3-4-10-21)13-7-14-27(26)32(23)28/h6-8,12-18,21,23H,2-5,9-11,19-20H2,1H3. The summed E-state index contributed by atoms with van der Waals surface area (Å²) >= 11 is 6.78. The van der Waals surface area contributed by atoms with Gasteiger partial charge in [-0.05, 0) is 102 Å². The fourth-order valence-corrected chi connectivity index (χ4v) is 6.97. The van der Waals surface area contributed by atoms with E-state index in [1.807, 2.05) is 19.1 Å². The SMILES string of the molecule is CCOc1cccc(Cl)c1CC1CC2=C(C=CCC2)c2ccc3c(C4CCCC4)cccc3c21. The Bertz CT molecular complexity index is 1290. The summed E-state index contributed by atoms with van der Waals surface area (Å²) in [4.78, 5) is 0. The minimum atomic E-state index is 0.405. The largest absolute Gasteiger partial charge is 0.494 e. The minimum Gasteiger partial charge on any atom is -0.494 e. The monoisotopic (exact) mass is 468 g/mol. The van der Waals surface area contributed by atoms with Gasteiger partial charge in [-0.1, -0.05) is 78.6 Å². The molecular weight excluding hydrogens is 436 g/mol. The molecule has 1 nitrogen and oxygen atoms in total. The van der Waals surface area contributed by atoms with Crippen molar-refractivity contribution in [3.63, 3.8) is 0 Å². The van der Waals surface area contributed by atoms with E-state index in [1.54, 1.807) is 11.1 Å². The second-order valence-corrected chi connectivity index (χ2v) is 10.6. The van der Waals surface area contributed by atoms with Crippen LogP contribution in [-0.4, -0.2) is 6.61 Å². The van der Waals surface area contributed by atoms with Gasteiger partial charge in [0.15, 0.2) is 0 Å². The number of fused-ring (bicyclic) bond motifs is 4. The Hall–Kier alpha value is -2.51. The van der Waals surface area contributed by atoms with Crippen molar-refractivity contribution in [2.24, 2.45) is 0 Å². The van der Waals surface area contributed by atoms with Gasteiger partial charge in [-0.2, -0.15) is 0 Å². The van der Waals surface area contributed by atoms with Crippen molar-refractivity contribution in [3.05, 3.63) is 93.5 Å². The quantitative estimate of drug-likeness (QED) is 0.362. The van der Waals surface area contributed by atoms with Gasteiger partial charge < -0.3 is 4.74 Å². The summed E-state index contributed by atoms with van der Waals surface area (Å²) in [7, 11) is 0. The second-order valence-electron chi connectivity index (χ2n) is 10.2. The van der Waals surface area contributed by atoms with Gasteiger partial charge in [0.2, 0.25) is 0 Å². The molecule has 0 bridgehead atoms. The van der Waals surface area contributed by atoms with Crippen LogP contribution in [0.2, 0.25) is 5.02 Å². The topological polar surface area (TPSA) is 9.23 Å². The molecule has 6 rings (SSSR count). The summed E-state index contributed by atoms with van der Waals surface area (Å²) < 4.78 is 6.02. The van der Waals surface area contributed by atoms with Crippen molar-refractivity contribution in [1.29, 1.82) is 0 Å². The predicted octanol–water partition coefficient (Wildman–Crippen LogP) is 9.38. The molecule has 0 spiro atoms. The first-order valence-corrected chi connectivity index (χ1v) is 13.5. The highest BCUT2D eigenvalue weighted by molar-refractivity contribution is 6.31. The van der Waals surface area contributed by atoms with E-state index in [4.69, 9.17) is 16.3 Å². The molecule has 0 aromatic heterocycles.